The number of nitrogens with zero attached hydrogens (tertiary/aromatic N) is 3. The summed E-state index contributed by atoms with van der Waals surface area (Å²) in [5, 5.41) is 18.2. The van der Waals surface area contributed by atoms with Gasteiger partial charge in [-0.15, -0.1) is 0 Å². The van der Waals surface area contributed by atoms with Crippen molar-refractivity contribution in [2.24, 2.45) is 5.10 Å². The van der Waals surface area contributed by atoms with Crippen LogP contribution in [0.15, 0.2) is 120 Å². The molecule has 9 nitrogen and oxygen atoms in total. The van der Waals surface area contributed by atoms with Crippen molar-refractivity contribution < 1.29 is 14.5 Å². The first-order valence-corrected chi connectivity index (χ1v) is 12.7. The molecule has 2 amide bonds. The fraction of sp³-hybridized carbons (Fsp3) is 0.0312. The van der Waals surface area contributed by atoms with Crippen molar-refractivity contribution in [1.29, 1.82) is 0 Å². The van der Waals surface area contributed by atoms with Crippen molar-refractivity contribution in [2.45, 2.75) is 6.92 Å². The topological polar surface area (TPSA) is 119 Å². The number of nitro groups is 1. The largest absolute Gasteiger partial charge is 0.326 e. The summed E-state index contributed by atoms with van der Waals surface area (Å²) in [6, 6.07) is 34.3. The molecule has 5 rings (SSSR count). The Morgan fingerprint density at radius 1 is 0.829 bits per heavy atom. The van der Waals surface area contributed by atoms with Crippen LogP contribution in [0.4, 0.5) is 11.4 Å². The summed E-state index contributed by atoms with van der Waals surface area (Å²) < 4.78 is 2.03. The minimum Gasteiger partial charge on any atom is -0.326 e. The zero-order valence-corrected chi connectivity index (χ0v) is 22.0. The fourth-order valence-corrected chi connectivity index (χ4v) is 4.47. The van der Waals surface area contributed by atoms with Gasteiger partial charge in [0.25, 0.3) is 11.6 Å². The molecule has 4 aromatic carbocycles. The second-order valence-electron chi connectivity index (χ2n) is 9.13. The highest BCUT2D eigenvalue weighted by Crippen LogP contribution is 2.35. The zero-order valence-electron chi connectivity index (χ0n) is 22.0. The molecule has 0 unspecified atom stereocenters. The number of amides is 2. The fourth-order valence-electron chi connectivity index (χ4n) is 4.47. The molecule has 0 atom stereocenters. The van der Waals surface area contributed by atoms with Crippen LogP contribution in [0.2, 0.25) is 0 Å². The second-order valence-corrected chi connectivity index (χ2v) is 9.13. The number of benzene rings is 4. The third-order valence-electron chi connectivity index (χ3n) is 6.30. The van der Waals surface area contributed by atoms with Gasteiger partial charge in [0.15, 0.2) is 0 Å². The highest BCUT2D eigenvalue weighted by Gasteiger charge is 2.19. The van der Waals surface area contributed by atoms with Crippen LogP contribution in [0.3, 0.4) is 0 Å². The van der Waals surface area contributed by atoms with E-state index in [-0.39, 0.29) is 11.6 Å². The van der Waals surface area contributed by atoms with E-state index in [1.54, 1.807) is 42.6 Å². The molecule has 0 radical (unpaired) electrons. The van der Waals surface area contributed by atoms with Gasteiger partial charge >= 0.3 is 0 Å². The quantitative estimate of drug-likeness (QED) is 0.133. The number of hydrazone groups is 1. The molecule has 5 aromatic rings. The van der Waals surface area contributed by atoms with Crippen LogP contribution in [0.25, 0.3) is 28.2 Å². The maximum absolute atomic E-state index is 12.8. The van der Waals surface area contributed by atoms with Crippen LogP contribution in [-0.4, -0.2) is 27.5 Å². The molecule has 2 N–H and O–H groups in total. The standard InChI is InChI=1S/C32H25N5O4/c1-22(38)34-27-14-12-25(13-15-27)32(39)35-33-21-26-20-30(23-8-4-2-5-9-23)36(31(26)24-10-6-3-7-11-24)28-16-18-29(19-17-28)37(40)41/h2-21H,1H3,(H,34,38)(H,35,39)/b33-21-. The molecule has 202 valence electrons. The minimum atomic E-state index is -0.427. The molecule has 0 aliphatic heterocycles. The predicted molar refractivity (Wildman–Crippen MR) is 159 cm³/mol. The van der Waals surface area contributed by atoms with Gasteiger partial charge in [-0.25, -0.2) is 5.43 Å². The summed E-state index contributed by atoms with van der Waals surface area (Å²) in [6.07, 6.45) is 1.58. The van der Waals surface area contributed by atoms with Gasteiger partial charge in [-0.1, -0.05) is 60.7 Å². The highest BCUT2D eigenvalue weighted by molar-refractivity contribution is 5.97. The van der Waals surface area contributed by atoms with Gasteiger partial charge in [0.1, 0.15) is 0 Å². The average Bonchev–Trinajstić information content (AvgIpc) is 3.37. The van der Waals surface area contributed by atoms with Crippen LogP contribution in [0, 0.1) is 10.1 Å². The maximum Gasteiger partial charge on any atom is 0.271 e. The maximum atomic E-state index is 12.8. The molecule has 0 saturated carbocycles. The molecule has 0 spiro atoms. The van der Waals surface area contributed by atoms with E-state index >= 15 is 0 Å². The predicted octanol–water partition coefficient (Wildman–Crippen LogP) is 6.44. The third-order valence-corrected chi connectivity index (χ3v) is 6.30. The van der Waals surface area contributed by atoms with E-state index in [2.05, 4.69) is 15.8 Å². The van der Waals surface area contributed by atoms with Gasteiger partial charge in [0.2, 0.25) is 5.91 Å². The first-order valence-electron chi connectivity index (χ1n) is 12.7. The van der Waals surface area contributed by atoms with Gasteiger partial charge < -0.3 is 9.88 Å². The van der Waals surface area contributed by atoms with Crippen LogP contribution in [0.1, 0.15) is 22.8 Å². The number of hydrogen-bond acceptors (Lipinski definition) is 5. The van der Waals surface area contributed by atoms with E-state index < -0.39 is 10.8 Å². The molecule has 0 bridgehead atoms. The number of non-ortho nitro benzene ring substituents is 1. The van der Waals surface area contributed by atoms with E-state index in [0.29, 0.717) is 11.3 Å². The van der Waals surface area contributed by atoms with Crippen molar-refractivity contribution in [3.8, 4) is 28.2 Å². The Morgan fingerprint density at radius 2 is 1.44 bits per heavy atom. The van der Waals surface area contributed by atoms with Crippen molar-refractivity contribution >= 4 is 29.4 Å². The molecular weight excluding hydrogens is 518 g/mol. The number of hydrogen-bond donors (Lipinski definition) is 2. The lowest BCUT2D eigenvalue weighted by molar-refractivity contribution is -0.384. The van der Waals surface area contributed by atoms with E-state index in [4.69, 9.17) is 0 Å². The molecule has 9 heteroatoms. The summed E-state index contributed by atoms with van der Waals surface area (Å²) in [7, 11) is 0. The number of carbonyl (C=O) groups excluding carboxylic acids is 2. The zero-order chi connectivity index (χ0) is 28.8. The Morgan fingerprint density at radius 3 is 2.02 bits per heavy atom. The molecule has 0 aliphatic carbocycles. The van der Waals surface area contributed by atoms with Crippen molar-refractivity contribution in [1.82, 2.24) is 9.99 Å². The molecule has 0 saturated heterocycles. The van der Waals surface area contributed by atoms with E-state index in [0.717, 1.165) is 33.8 Å². The molecule has 0 fully saturated rings. The lowest BCUT2D eigenvalue weighted by Gasteiger charge is -2.15. The van der Waals surface area contributed by atoms with E-state index in [9.17, 15) is 19.7 Å². The molecule has 0 aliphatic rings. The van der Waals surface area contributed by atoms with E-state index in [1.807, 2.05) is 71.3 Å². The summed E-state index contributed by atoms with van der Waals surface area (Å²) in [5.74, 6) is -0.605. The first kappa shape index (κ1) is 26.8. The third kappa shape index (κ3) is 6.10. The minimum absolute atomic E-state index is 0.00182. The van der Waals surface area contributed by atoms with Crippen molar-refractivity contribution in [3.05, 3.63) is 137 Å². The first-order chi connectivity index (χ1) is 19.9. The Kier molecular flexibility index (Phi) is 7.78. The van der Waals surface area contributed by atoms with Gasteiger partial charge in [0.05, 0.1) is 22.5 Å². The molecule has 1 heterocycles. The summed E-state index contributed by atoms with van der Waals surface area (Å²) >= 11 is 0. The SMILES string of the molecule is CC(=O)Nc1ccc(C(=O)N/N=C\c2cc(-c3ccccc3)n(-c3ccc([N+](=O)[O-])cc3)c2-c2ccccc2)cc1. The Hall–Kier alpha value is -5.83. The number of nitrogens with one attached hydrogen (secondary N) is 2. The van der Waals surface area contributed by atoms with Crippen LogP contribution in [-0.2, 0) is 4.79 Å². The van der Waals surface area contributed by atoms with Gasteiger partial charge in [-0.2, -0.15) is 5.10 Å². The monoisotopic (exact) mass is 543 g/mol. The normalized spacial score (nSPS) is 10.9. The number of rotatable bonds is 8. The van der Waals surface area contributed by atoms with Crippen LogP contribution >= 0.6 is 0 Å². The second kappa shape index (κ2) is 11.9. The number of aromatic nitrogens is 1. The van der Waals surface area contributed by atoms with Crippen molar-refractivity contribution in [2.75, 3.05) is 5.32 Å². The van der Waals surface area contributed by atoms with Crippen LogP contribution < -0.4 is 10.7 Å². The number of anilines is 1. The average molecular weight is 544 g/mol. The summed E-state index contributed by atoms with van der Waals surface area (Å²) in [6.45, 7) is 1.41. The van der Waals surface area contributed by atoms with E-state index in [1.165, 1.54) is 19.1 Å². The molecular formula is C32H25N5O4. The molecule has 41 heavy (non-hydrogen) atoms. The van der Waals surface area contributed by atoms with Gasteiger partial charge in [-0.3, -0.25) is 19.7 Å². The Labute approximate surface area is 235 Å². The van der Waals surface area contributed by atoms with Crippen LogP contribution in [0.5, 0.6) is 0 Å². The summed E-state index contributed by atoms with van der Waals surface area (Å²) in [4.78, 5) is 34.9. The van der Waals surface area contributed by atoms with Gasteiger partial charge in [0, 0.05) is 41.6 Å². The summed E-state index contributed by atoms with van der Waals surface area (Å²) in [5.41, 5.74) is 8.49. The smallest absolute Gasteiger partial charge is 0.271 e. The molecule has 1 aromatic heterocycles. The van der Waals surface area contributed by atoms with Gasteiger partial charge in [-0.05, 0) is 53.6 Å². The highest BCUT2D eigenvalue weighted by atomic mass is 16.6. The number of carbonyl (C=O) groups is 2. The number of nitro benzene ring substituents is 1. The Balaban J connectivity index is 1.56. The lowest BCUT2D eigenvalue weighted by Crippen LogP contribution is -2.17. The lowest BCUT2D eigenvalue weighted by atomic mass is 10.1. The van der Waals surface area contributed by atoms with Crippen molar-refractivity contribution in [3.63, 3.8) is 0 Å². The Bertz CT molecular complexity index is 1730.